The number of hydrogen-bond donors (Lipinski definition) is 1. The molecule has 3 spiro atoms. The Hall–Kier alpha value is -13.6. The molecule has 9 atom stereocenters. The Kier molecular flexibility index (Phi) is 26.1. The van der Waals surface area contributed by atoms with Crippen LogP contribution in [0.4, 0.5) is 5.82 Å². The average molecular weight is 2010 g/mol. The van der Waals surface area contributed by atoms with Crippen molar-refractivity contribution >= 4 is 123 Å². The number of carbonyl (C=O) groups is 9. The van der Waals surface area contributed by atoms with E-state index in [1.807, 2.05) is 73.0 Å². The third kappa shape index (κ3) is 19.3. The number of carbonyl (C=O) groups excluding carboxylic acids is 9. The van der Waals surface area contributed by atoms with Gasteiger partial charge in [-0.3, -0.25) is 67.2 Å². The lowest BCUT2D eigenvalue weighted by molar-refractivity contribution is -0.139. The fourth-order valence-electron chi connectivity index (χ4n) is 21.9. The number of likely N-dealkylation sites (tertiary alicyclic amines) is 3. The SMILES string of the molecule is CC(=O)c1nn(CC(=O)N2[C@H]3C[C@@]4(C=CCCCCCCc5ccc(Br)nc5CC3=O)C[C@@H]24)c2ccc(-c3cnc(C)nc3)cc12.CC(=O)c1nn(CC(=O)N2[C@H]3C[C@@]4(C=CCCc5nnc(o5)Cc5ccc(C)nc5NC3=O)C[C@@H]24)c2cnc(-c3cnc(C)nc3)cc12.CC(=O)c1nn(CC(=O)N2[C@H]3C[C@@]4(CCCCCCCCc5ccc(Br)nc5CC3=O)C[C@@H]24)c2cnc(-c3cnc(C)nc3)cc12. The van der Waals surface area contributed by atoms with Crippen molar-refractivity contribution in [3.05, 3.63) is 230 Å². The van der Waals surface area contributed by atoms with E-state index in [0.717, 1.165) is 128 Å². The summed E-state index contributed by atoms with van der Waals surface area (Å²) in [5.41, 5.74) is 11.8. The quantitative estimate of drug-likeness (QED) is 0.0674. The number of fused-ring (bicyclic) bond motifs is 11. The number of pyridine rings is 5. The fourth-order valence-corrected chi connectivity index (χ4v) is 22.6. The van der Waals surface area contributed by atoms with Crippen LogP contribution >= 0.6 is 31.9 Å². The van der Waals surface area contributed by atoms with Gasteiger partial charge in [-0.25, -0.2) is 44.9 Å². The summed E-state index contributed by atoms with van der Waals surface area (Å²) < 4.78 is 12.0. The van der Waals surface area contributed by atoms with Crippen molar-refractivity contribution in [3.8, 4) is 33.6 Å². The Bertz CT molecular complexity index is 7210. The van der Waals surface area contributed by atoms with Gasteiger partial charge in [0.1, 0.15) is 75.3 Å². The molecule has 3 saturated heterocycles. The topological polar surface area (TPSA) is 410 Å². The molecule has 1 N–H and O–H groups in total. The van der Waals surface area contributed by atoms with Crippen LogP contribution in [-0.2, 0) is 86.9 Å². The maximum absolute atomic E-state index is 14.2. The van der Waals surface area contributed by atoms with Gasteiger partial charge in [-0.15, -0.1) is 10.2 Å². The van der Waals surface area contributed by atoms with Crippen LogP contribution in [-0.4, -0.2) is 198 Å². The van der Waals surface area contributed by atoms with E-state index >= 15 is 0 Å². The molecule has 5 aliphatic carbocycles. The van der Waals surface area contributed by atoms with E-state index in [1.54, 1.807) is 82.9 Å². The highest BCUT2D eigenvalue weighted by atomic mass is 79.9. The van der Waals surface area contributed by atoms with Crippen molar-refractivity contribution in [1.82, 2.24) is 109 Å². The maximum Gasteiger partial charge on any atom is 0.248 e. The van der Waals surface area contributed by atoms with E-state index < -0.39 is 18.1 Å². The molecule has 4 amide bonds. The number of amides is 4. The predicted octanol–water partition coefficient (Wildman–Crippen LogP) is 16.0. The average Bonchev–Trinajstić information content (AvgIpc) is 1.53. The van der Waals surface area contributed by atoms with Crippen molar-refractivity contribution in [1.29, 1.82) is 0 Å². The highest BCUT2D eigenvalue weighted by molar-refractivity contribution is 9.10. The van der Waals surface area contributed by atoms with Crippen LogP contribution in [0.1, 0.15) is 237 Å². The van der Waals surface area contributed by atoms with Gasteiger partial charge in [0.25, 0.3) is 0 Å². The lowest BCUT2D eigenvalue weighted by atomic mass is 9.90. The van der Waals surface area contributed by atoms with Crippen LogP contribution in [0.5, 0.6) is 0 Å². The summed E-state index contributed by atoms with van der Waals surface area (Å²) in [4.78, 5) is 177. The molecule has 22 rings (SSSR count). The number of aromatic nitrogens is 19. The molecule has 1 aromatic carbocycles. The molecule has 16 heterocycles. The molecule has 6 fully saturated rings. The number of rotatable bonds is 12. The van der Waals surface area contributed by atoms with Gasteiger partial charge in [0.2, 0.25) is 35.4 Å². The summed E-state index contributed by atoms with van der Waals surface area (Å²) in [6, 6.07) is 19.2. The minimum atomic E-state index is -0.726. The van der Waals surface area contributed by atoms with Crippen LogP contribution in [0.2, 0.25) is 0 Å². The van der Waals surface area contributed by atoms with Crippen LogP contribution in [0.25, 0.3) is 66.4 Å². The Labute approximate surface area is 824 Å². The molecule has 13 aromatic rings. The standard InChI is InChI=1S/C36H37BrN6O3.C35H38BrN7O3.C34H32N10O4/c1-22(44)35-27-15-25(26-19-38-23(2)39-20-26)10-12-29(27)42(41-35)21-34(46)43-30-17-36(18-32(36)43)14-8-6-4-3-5-7-9-24-11-13-33(37)40-28(24)16-31(30)45;1-21(44)34-25-13-26(24-17-37-22(2)38-18-24)39-19-29(25)42(41-34)20-33(46)43-28-15-35(16-31(35)43)12-8-6-4-3-5-7-9-23-10-11-32(36)40-27(23)14-30(28)45;1-18-7-8-21-10-29-41-40-28(48-29)6-4-5-9-34-12-25(33(47)39-32(21)38-18)44(27(34)13-34)30(46)17-43-26-16-37-24(22-14-35-20(3)36-15-22)11-23(26)31(42-43)19(2)45/h8,10-15,19-20,30,32H,3-7,9,16-18,21H2,1-2H3;10-11,13,17-19,28,31H,3-9,12,14-16,20H2,1-2H3;5,7-9,11,14-16,25,27H,4,6,10,12-13,17H2,1-3H3,(H,38,39,47)/t30-,32+,36-;28-,31+,35-;25-,27+,34-/m000/s1. The van der Waals surface area contributed by atoms with Gasteiger partial charge in [-0.2, -0.15) is 15.3 Å². The molecule has 12 aromatic heterocycles. The smallest absolute Gasteiger partial charge is 0.248 e. The lowest BCUT2D eigenvalue weighted by Gasteiger charge is -2.27. The largest absolute Gasteiger partial charge is 0.425 e. The summed E-state index contributed by atoms with van der Waals surface area (Å²) >= 11 is 7.00. The number of allylic oxidation sites excluding steroid dienone is 2. The number of aryl methyl sites for hydroxylation is 7. The monoisotopic (exact) mass is 2010 g/mol. The number of Topliss-reactive ketones (excluding diaryl/α,β-unsaturated/α-hetero) is 5. The highest BCUT2D eigenvalue weighted by Gasteiger charge is 2.68. The first-order valence-electron chi connectivity index (χ1n) is 48.5. The molecular weight excluding hydrogens is 1900 g/mol. The van der Waals surface area contributed by atoms with Crippen LogP contribution in [0.15, 0.2) is 154 Å². The van der Waals surface area contributed by atoms with E-state index in [-0.39, 0.29) is 131 Å². The number of hydrogen-bond acceptors (Lipinski definition) is 26. The number of ketones is 5. The molecule has 35 heteroatoms. The van der Waals surface area contributed by atoms with E-state index in [9.17, 15) is 43.2 Å². The molecule has 9 aliphatic rings. The Balaban J connectivity index is 0.000000129. The van der Waals surface area contributed by atoms with Gasteiger partial charge in [0.05, 0.1) is 83.1 Å². The summed E-state index contributed by atoms with van der Waals surface area (Å²) in [5.74, 6) is 1.91. The van der Waals surface area contributed by atoms with E-state index in [4.69, 9.17) is 14.4 Å². The van der Waals surface area contributed by atoms with E-state index in [1.165, 1.54) is 57.6 Å². The predicted molar refractivity (Wildman–Crippen MR) is 526 cm³/mol. The third-order valence-electron chi connectivity index (χ3n) is 29.4. The van der Waals surface area contributed by atoms with Gasteiger partial charge in [0, 0.05) is 137 Å². The van der Waals surface area contributed by atoms with Crippen molar-refractivity contribution in [2.24, 2.45) is 16.2 Å². The van der Waals surface area contributed by atoms with Crippen LogP contribution < -0.4 is 5.32 Å². The zero-order valence-corrected chi connectivity index (χ0v) is 82.4. The molecule has 33 nitrogen and oxygen atoms in total. The molecule has 716 valence electrons. The number of benzene rings is 1. The second kappa shape index (κ2) is 38.9. The zero-order valence-electron chi connectivity index (χ0n) is 79.2. The fraction of sp³-hybridized carbons (Fsp3) is 0.419. The Morgan fingerprint density at radius 2 is 0.879 bits per heavy atom. The van der Waals surface area contributed by atoms with E-state index in [2.05, 4.69) is 144 Å². The van der Waals surface area contributed by atoms with Crippen molar-refractivity contribution in [2.75, 3.05) is 5.32 Å². The molecule has 3 saturated carbocycles. The van der Waals surface area contributed by atoms with Gasteiger partial charge >= 0.3 is 0 Å². The molecule has 140 heavy (non-hydrogen) atoms. The molecular formula is C105H107Br2N23O10. The first-order valence-corrected chi connectivity index (χ1v) is 50.1. The first kappa shape index (κ1) is 94.0. The van der Waals surface area contributed by atoms with Gasteiger partial charge in [0.15, 0.2) is 28.9 Å². The van der Waals surface area contributed by atoms with Crippen LogP contribution in [0, 0.1) is 43.9 Å². The number of anilines is 1. The van der Waals surface area contributed by atoms with Gasteiger partial charge < -0.3 is 24.4 Å². The summed E-state index contributed by atoms with van der Waals surface area (Å²) in [5, 5.41) is 27.0. The first-order chi connectivity index (χ1) is 67.6. The van der Waals surface area contributed by atoms with Gasteiger partial charge in [-0.1, -0.05) is 93.5 Å². The number of nitrogens with zero attached hydrogens (tertiary/aromatic N) is 22. The summed E-state index contributed by atoms with van der Waals surface area (Å²) in [7, 11) is 0. The highest BCUT2D eigenvalue weighted by Crippen LogP contribution is 2.64. The number of piperidine rings is 3. The number of nitrogens with one attached hydrogen (secondary N) is 1. The summed E-state index contributed by atoms with van der Waals surface area (Å²) in [6.07, 6.45) is 44.0. The summed E-state index contributed by atoms with van der Waals surface area (Å²) in [6.45, 7) is 11.4. The lowest BCUT2D eigenvalue weighted by Crippen LogP contribution is -2.47. The Morgan fingerprint density at radius 3 is 1.42 bits per heavy atom. The molecule has 4 aliphatic heterocycles. The second-order valence-electron chi connectivity index (χ2n) is 39.1. The van der Waals surface area contributed by atoms with E-state index in [0.29, 0.717) is 138 Å². The van der Waals surface area contributed by atoms with Gasteiger partial charge in [-0.05, 0) is 214 Å². The number of halogens is 2. The molecule has 0 radical (unpaired) electrons. The normalized spacial score (nSPS) is 22.7. The zero-order chi connectivity index (χ0) is 97.2. The van der Waals surface area contributed by atoms with Crippen molar-refractivity contribution in [2.45, 2.75) is 265 Å². The third-order valence-corrected chi connectivity index (χ3v) is 30.3. The van der Waals surface area contributed by atoms with Crippen molar-refractivity contribution in [3.63, 3.8) is 0 Å². The molecule has 8 bridgehead atoms. The Morgan fingerprint density at radius 1 is 0.421 bits per heavy atom. The maximum atomic E-state index is 14.2. The second-order valence-corrected chi connectivity index (χ2v) is 40.7. The van der Waals surface area contributed by atoms with Crippen molar-refractivity contribution < 1.29 is 47.6 Å². The van der Waals surface area contributed by atoms with Crippen LogP contribution in [0.3, 0.4) is 0 Å². The minimum Gasteiger partial charge on any atom is -0.425 e. The molecule has 0 unspecified atom stereocenters. The minimum absolute atomic E-state index is 0.00694.